The number of hydrogen-bond acceptors (Lipinski definition) is 6. The van der Waals surface area contributed by atoms with E-state index in [1.807, 2.05) is 0 Å². The molecule has 2 aromatic rings. The zero-order valence-electron chi connectivity index (χ0n) is 16.1. The van der Waals surface area contributed by atoms with Gasteiger partial charge in [0.1, 0.15) is 11.6 Å². The molecule has 0 bridgehead atoms. The van der Waals surface area contributed by atoms with Crippen molar-refractivity contribution in [1.29, 1.82) is 0 Å². The van der Waals surface area contributed by atoms with Gasteiger partial charge in [-0.25, -0.2) is 14.0 Å². The van der Waals surface area contributed by atoms with Crippen LogP contribution in [-0.2, 0) is 14.3 Å². The molecule has 1 atom stereocenters. The number of Topliss-reactive ketones (excluding diaryl/α,β-unsaturated/α-hetero) is 1. The number of hydrogen-bond donors (Lipinski definition) is 1. The molecular formula is C20H22FNO6. The second-order valence-electron chi connectivity index (χ2n) is 6.09. The van der Waals surface area contributed by atoms with Gasteiger partial charge in [0.05, 0.1) is 17.7 Å². The van der Waals surface area contributed by atoms with E-state index in [2.05, 4.69) is 4.98 Å². The lowest BCUT2D eigenvalue weighted by Gasteiger charge is -2.14. The predicted octanol–water partition coefficient (Wildman–Crippen LogP) is 3.14. The van der Waals surface area contributed by atoms with E-state index in [0.717, 1.165) is 0 Å². The van der Waals surface area contributed by atoms with Crippen molar-refractivity contribution in [3.05, 3.63) is 52.6 Å². The van der Waals surface area contributed by atoms with Crippen LogP contribution >= 0.6 is 0 Å². The van der Waals surface area contributed by atoms with Crippen molar-refractivity contribution >= 4 is 17.7 Å². The van der Waals surface area contributed by atoms with Crippen molar-refractivity contribution in [1.82, 2.24) is 4.98 Å². The number of aromatic nitrogens is 1. The number of ether oxygens (including phenoxy) is 3. The monoisotopic (exact) mass is 391 g/mol. The van der Waals surface area contributed by atoms with Crippen LogP contribution in [0.3, 0.4) is 0 Å². The molecule has 0 unspecified atom stereocenters. The number of aromatic amines is 1. The molecule has 1 heterocycles. The minimum atomic E-state index is -1.00. The topological polar surface area (TPSA) is 94.7 Å². The number of benzene rings is 1. The minimum absolute atomic E-state index is 0.135. The maximum absolute atomic E-state index is 12.9. The molecule has 0 aliphatic carbocycles. The Bertz CT molecular complexity index is 872. The van der Waals surface area contributed by atoms with Crippen LogP contribution < -0.4 is 4.74 Å². The molecule has 0 aliphatic heterocycles. The summed E-state index contributed by atoms with van der Waals surface area (Å²) in [4.78, 5) is 39.7. The second-order valence-corrected chi connectivity index (χ2v) is 6.09. The highest BCUT2D eigenvalue weighted by atomic mass is 19.1. The fraction of sp³-hybridized carbons (Fsp3) is 0.350. The quantitative estimate of drug-likeness (QED) is 0.549. The third-order valence-electron chi connectivity index (χ3n) is 3.94. The Morgan fingerprint density at radius 1 is 1.04 bits per heavy atom. The van der Waals surface area contributed by atoms with E-state index < -0.39 is 36.2 Å². The van der Waals surface area contributed by atoms with Crippen molar-refractivity contribution in [3.8, 4) is 5.75 Å². The number of carbonyl (C=O) groups is 3. The first-order chi connectivity index (χ1) is 13.2. The third kappa shape index (κ3) is 4.97. The van der Waals surface area contributed by atoms with Crippen LogP contribution in [0.25, 0.3) is 0 Å². The van der Waals surface area contributed by atoms with Gasteiger partial charge in [-0.15, -0.1) is 0 Å². The lowest BCUT2D eigenvalue weighted by Crippen LogP contribution is -2.28. The van der Waals surface area contributed by atoms with Gasteiger partial charge >= 0.3 is 11.9 Å². The summed E-state index contributed by atoms with van der Waals surface area (Å²) in [5, 5.41) is 0. The number of esters is 2. The molecule has 1 N–H and O–H groups in total. The van der Waals surface area contributed by atoms with Crippen LogP contribution in [-0.4, -0.2) is 42.0 Å². The van der Waals surface area contributed by atoms with E-state index in [4.69, 9.17) is 14.2 Å². The Kier molecular flexibility index (Phi) is 6.92. The maximum atomic E-state index is 12.9. The number of ketones is 1. The lowest BCUT2D eigenvalue weighted by atomic mass is 10.1. The largest absolute Gasteiger partial charge is 0.479 e. The van der Waals surface area contributed by atoms with Gasteiger partial charge in [0, 0.05) is 11.4 Å². The highest BCUT2D eigenvalue weighted by Crippen LogP contribution is 2.20. The van der Waals surface area contributed by atoms with Gasteiger partial charge in [-0.1, -0.05) is 0 Å². The first-order valence-electron chi connectivity index (χ1n) is 8.72. The van der Waals surface area contributed by atoms with Crippen LogP contribution in [0, 0.1) is 19.7 Å². The molecule has 0 radical (unpaired) electrons. The van der Waals surface area contributed by atoms with E-state index in [-0.39, 0.29) is 17.7 Å². The Labute approximate surface area is 161 Å². The highest BCUT2D eigenvalue weighted by Gasteiger charge is 2.27. The summed E-state index contributed by atoms with van der Waals surface area (Å²) in [6.07, 6.45) is -1.00. The second kappa shape index (κ2) is 9.16. The molecular weight excluding hydrogens is 369 g/mol. The molecule has 28 heavy (non-hydrogen) atoms. The lowest BCUT2D eigenvalue weighted by molar-refractivity contribution is -0.149. The molecule has 150 valence electrons. The summed E-state index contributed by atoms with van der Waals surface area (Å²) in [5.41, 5.74) is 1.25. The van der Waals surface area contributed by atoms with Crippen LogP contribution in [0.4, 0.5) is 4.39 Å². The molecule has 1 aromatic heterocycles. The van der Waals surface area contributed by atoms with Crippen molar-refractivity contribution in [2.75, 3.05) is 13.2 Å². The van der Waals surface area contributed by atoms with E-state index in [1.54, 1.807) is 20.8 Å². The molecule has 0 saturated carbocycles. The van der Waals surface area contributed by atoms with Gasteiger partial charge in [-0.3, -0.25) is 4.79 Å². The summed E-state index contributed by atoms with van der Waals surface area (Å²) in [5.74, 6) is -2.05. The number of H-pyrrole nitrogens is 1. The molecule has 8 heteroatoms. The molecule has 1 aromatic carbocycles. The molecule has 0 saturated heterocycles. The van der Waals surface area contributed by atoms with Crippen molar-refractivity contribution in [2.45, 2.75) is 33.8 Å². The van der Waals surface area contributed by atoms with Crippen molar-refractivity contribution in [2.24, 2.45) is 0 Å². The zero-order valence-corrected chi connectivity index (χ0v) is 16.1. The van der Waals surface area contributed by atoms with E-state index in [1.165, 1.54) is 31.2 Å². The van der Waals surface area contributed by atoms with E-state index in [9.17, 15) is 18.8 Å². The molecule has 0 spiro atoms. The standard InChI is InChI=1S/C20H22FNO6/c1-5-26-20(25)18-12(3)22-11(2)17(18)16(23)10-27-19(24)13(4)28-15-8-6-14(21)7-9-15/h6-9,13,22H,5,10H2,1-4H3/t13-/m1/s1. The smallest absolute Gasteiger partial charge is 0.347 e. The van der Waals surface area contributed by atoms with Crippen LogP contribution in [0.2, 0.25) is 0 Å². The first-order valence-corrected chi connectivity index (χ1v) is 8.72. The van der Waals surface area contributed by atoms with Crippen LogP contribution in [0.15, 0.2) is 24.3 Å². The fourth-order valence-corrected chi connectivity index (χ4v) is 2.68. The summed E-state index contributed by atoms with van der Waals surface area (Å²) < 4.78 is 28.3. The normalized spacial score (nSPS) is 11.6. The van der Waals surface area contributed by atoms with Gasteiger partial charge in [0.2, 0.25) is 5.78 Å². The SMILES string of the molecule is CCOC(=O)c1c(C)[nH]c(C)c1C(=O)COC(=O)[C@@H](C)Oc1ccc(F)cc1. The van der Waals surface area contributed by atoms with Gasteiger partial charge in [-0.2, -0.15) is 0 Å². The first kappa shape index (κ1) is 21.1. The Balaban J connectivity index is 2.02. The predicted molar refractivity (Wildman–Crippen MR) is 98.0 cm³/mol. The molecule has 0 amide bonds. The molecule has 2 rings (SSSR count). The Morgan fingerprint density at radius 3 is 2.25 bits per heavy atom. The van der Waals surface area contributed by atoms with Crippen LogP contribution in [0.5, 0.6) is 5.75 Å². The van der Waals surface area contributed by atoms with Gasteiger partial charge in [0.15, 0.2) is 12.7 Å². The number of nitrogens with one attached hydrogen (secondary N) is 1. The fourth-order valence-electron chi connectivity index (χ4n) is 2.68. The van der Waals surface area contributed by atoms with Gasteiger partial charge < -0.3 is 19.2 Å². The molecule has 0 fully saturated rings. The third-order valence-corrected chi connectivity index (χ3v) is 3.94. The minimum Gasteiger partial charge on any atom is -0.479 e. The summed E-state index contributed by atoms with van der Waals surface area (Å²) >= 11 is 0. The van der Waals surface area contributed by atoms with Crippen LogP contribution in [0.1, 0.15) is 46.0 Å². The van der Waals surface area contributed by atoms with Crippen molar-refractivity contribution in [3.63, 3.8) is 0 Å². The maximum Gasteiger partial charge on any atom is 0.347 e. The average Bonchev–Trinajstić information content (AvgIpc) is 2.95. The summed E-state index contributed by atoms with van der Waals surface area (Å²) in [6.45, 7) is 6.03. The Morgan fingerprint density at radius 2 is 1.64 bits per heavy atom. The Hall–Kier alpha value is -3.16. The van der Waals surface area contributed by atoms with Gasteiger partial charge in [0.25, 0.3) is 0 Å². The summed E-state index contributed by atoms with van der Waals surface area (Å²) in [7, 11) is 0. The van der Waals surface area contributed by atoms with Crippen molar-refractivity contribution < 1.29 is 33.0 Å². The highest BCUT2D eigenvalue weighted by molar-refractivity contribution is 6.09. The van der Waals surface area contributed by atoms with Gasteiger partial charge in [-0.05, 0) is 52.0 Å². The average molecular weight is 391 g/mol. The zero-order chi connectivity index (χ0) is 20.8. The number of aryl methyl sites for hydroxylation is 2. The number of rotatable bonds is 8. The van der Waals surface area contributed by atoms with E-state index >= 15 is 0 Å². The number of halogens is 1. The molecule has 7 nitrogen and oxygen atoms in total. The molecule has 0 aliphatic rings. The summed E-state index contributed by atoms with van der Waals surface area (Å²) in [6, 6.07) is 5.15. The van der Waals surface area contributed by atoms with E-state index in [0.29, 0.717) is 17.1 Å². The number of carbonyl (C=O) groups excluding carboxylic acids is 3.